The van der Waals surface area contributed by atoms with Gasteiger partial charge >= 0.3 is 0 Å². The third kappa shape index (κ3) is 16.4. The average Bonchev–Trinajstić information content (AvgIpc) is 3.22. The van der Waals surface area contributed by atoms with E-state index in [4.69, 9.17) is 0 Å². The maximum atomic E-state index is 2.51. The summed E-state index contributed by atoms with van der Waals surface area (Å²) in [7, 11) is 0. The van der Waals surface area contributed by atoms with Crippen molar-refractivity contribution in [3.8, 4) is 0 Å². The van der Waals surface area contributed by atoms with Crippen molar-refractivity contribution in [1.82, 2.24) is 0 Å². The van der Waals surface area contributed by atoms with Gasteiger partial charge in [-0.3, -0.25) is 0 Å². The fourth-order valence-electron chi connectivity index (χ4n) is 8.15. The summed E-state index contributed by atoms with van der Waals surface area (Å²) in [6.45, 7) is 0. The van der Waals surface area contributed by atoms with E-state index in [-0.39, 0.29) is 0 Å². The first-order valence-electron chi connectivity index (χ1n) is 21.8. The summed E-state index contributed by atoms with van der Waals surface area (Å²) in [5, 5.41) is 0. The molecule has 0 saturated heterocycles. The van der Waals surface area contributed by atoms with E-state index >= 15 is 0 Å². The topological polar surface area (TPSA) is 0 Å². The Bertz CT molecular complexity index is 1390. The molecule has 0 N–H and O–H groups in total. The molecule has 4 heteroatoms. The van der Waals surface area contributed by atoms with Crippen LogP contribution in [-0.4, -0.2) is 17.7 Å². The predicted octanol–water partition coefficient (Wildman–Crippen LogP) is 17.0. The number of aryl methyl sites for hydroxylation is 4. The lowest BCUT2D eigenvalue weighted by molar-refractivity contribution is 0.610. The first-order chi connectivity index (χ1) is 27.1. The molecule has 4 aromatic carbocycles. The highest BCUT2D eigenvalue weighted by atomic mass is 127. The second-order valence-corrected chi connectivity index (χ2v) is 20.0. The third-order valence-corrected chi connectivity index (χ3v) is 14.5. The lowest BCUT2D eigenvalue weighted by Crippen LogP contribution is -2.31. The molecule has 4 aromatic rings. The summed E-state index contributed by atoms with van der Waals surface area (Å²) in [5.74, 6) is 0. The zero-order valence-corrected chi connectivity index (χ0v) is 42.3. The van der Waals surface area contributed by atoms with Crippen LogP contribution in [0.25, 0.3) is 0 Å². The van der Waals surface area contributed by atoms with Crippen molar-refractivity contribution >= 4 is 90.4 Å². The van der Waals surface area contributed by atoms with Gasteiger partial charge in [-0.15, -0.1) is 0 Å². The van der Waals surface area contributed by atoms with Gasteiger partial charge in [0.2, 0.25) is 0 Å². The van der Waals surface area contributed by atoms with E-state index in [1.54, 1.807) is 0 Å². The highest BCUT2D eigenvalue weighted by Gasteiger charge is 2.38. The minimum absolute atomic E-state index is 0.395. The van der Waals surface area contributed by atoms with Crippen LogP contribution in [0.15, 0.2) is 97.1 Å². The summed E-state index contributed by atoms with van der Waals surface area (Å²) >= 11 is 10.0. The second-order valence-electron chi connectivity index (χ2n) is 15.7. The van der Waals surface area contributed by atoms with E-state index in [9.17, 15) is 0 Å². The first kappa shape index (κ1) is 47.5. The van der Waals surface area contributed by atoms with Gasteiger partial charge in [-0.1, -0.05) is 252 Å². The van der Waals surface area contributed by atoms with Crippen molar-refractivity contribution in [2.45, 2.75) is 147 Å². The Hall–Kier alpha value is -0.200. The lowest BCUT2D eigenvalue weighted by Gasteiger charge is -2.37. The van der Waals surface area contributed by atoms with Gasteiger partial charge in [-0.2, -0.15) is 0 Å². The van der Waals surface area contributed by atoms with Crippen LogP contribution in [0.4, 0.5) is 0 Å². The van der Waals surface area contributed by atoms with Crippen LogP contribution in [0.1, 0.15) is 160 Å². The molecule has 0 unspecified atom stereocenters. The summed E-state index contributed by atoms with van der Waals surface area (Å²) in [5.41, 5.74) is 11.0. The Balaban J connectivity index is 1.70. The van der Waals surface area contributed by atoms with Crippen molar-refractivity contribution in [2.24, 2.45) is 0 Å². The van der Waals surface area contributed by atoms with E-state index in [1.165, 1.54) is 203 Å². The summed E-state index contributed by atoms with van der Waals surface area (Å²) < 4.78 is 5.11. The Morgan fingerprint density at radius 2 is 0.418 bits per heavy atom. The molecule has 0 atom stereocenters. The summed E-state index contributed by atoms with van der Waals surface area (Å²) in [6.07, 6.45) is 28.7. The molecule has 0 heterocycles. The highest BCUT2D eigenvalue weighted by Crippen LogP contribution is 2.45. The SMILES string of the molecule is ICCCCCCCCc1ccc(C(c2ccc(CCCCCCI)cc2)(c2ccc(CCCCCCI)cc2)c2ccc(CCCCCCI)cc2)cc1. The van der Waals surface area contributed by atoms with E-state index in [2.05, 4.69) is 187 Å². The number of halogens is 4. The van der Waals surface area contributed by atoms with Gasteiger partial charge in [-0.25, -0.2) is 0 Å². The van der Waals surface area contributed by atoms with Crippen molar-refractivity contribution in [3.05, 3.63) is 142 Å². The van der Waals surface area contributed by atoms with Gasteiger partial charge in [0, 0.05) is 0 Å². The summed E-state index contributed by atoms with van der Waals surface area (Å²) in [4.78, 5) is 0. The number of hydrogen-bond acceptors (Lipinski definition) is 0. The number of rotatable bonds is 30. The largest absolute Gasteiger partial charge is 0.0864 e. The fraction of sp³-hybridized carbons (Fsp3) is 0.529. The van der Waals surface area contributed by atoms with Crippen LogP contribution in [0.3, 0.4) is 0 Å². The van der Waals surface area contributed by atoms with Crippen LogP contribution in [0, 0.1) is 0 Å². The molecule has 0 spiro atoms. The van der Waals surface area contributed by atoms with E-state index in [0.29, 0.717) is 0 Å². The Labute approximate surface area is 392 Å². The van der Waals surface area contributed by atoms with E-state index in [1.807, 2.05) is 0 Å². The molecular formula is C51H68I4. The minimum atomic E-state index is -0.395. The quantitative estimate of drug-likeness (QED) is 0.0211. The van der Waals surface area contributed by atoms with Crippen molar-refractivity contribution in [2.75, 3.05) is 17.7 Å². The molecule has 0 bridgehead atoms. The molecule has 0 aliphatic heterocycles. The Morgan fingerprint density at radius 3 is 0.618 bits per heavy atom. The molecule has 300 valence electrons. The van der Waals surface area contributed by atoms with Crippen LogP contribution in [0.2, 0.25) is 0 Å². The lowest BCUT2D eigenvalue weighted by atomic mass is 9.64. The minimum Gasteiger partial charge on any atom is -0.0864 e. The van der Waals surface area contributed by atoms with Gasteiger partial charge in [0.25, 0.3) is 0 Å². The zero-order valence-electron chi connectivity index (χ0n) is 33.6. The van der Waals surface area contributed by atoms with Crippen molar-refractivity contribution in [3.63, 3.8) is 0 Å². The predicted molar refractivity (Wildman–Crippen MR) is 278 cm³/mol. The van der Waals surface area contributed by atoms with Crippen LogP contribution in [0.5, 0.6) is 0 Å². The molecule has 55 heavy (non-hydrogen) atoms. The number of benzene rings is 4. The van der Waals surface area contributed by atoms with Gasteiger partial charge in [0.15, 0.2) is 0 Å². The molecular weight excluding hydrogens is 1120 g/mol. The molecule has 0 saturated carbocycles. The van der Waals surface area contributed by atoms with Gasteiger partial charge < -0.3 is 0 Å². The molecule has 0 nitrogen and oxygen atoms in total. The smallest absolute Gasteiger partial charge is 0.0701 e. The Kier molecular flexibility index (Phi) is 25.1. The maximum absolute atomic E-state index is 2.51. The van der Waals surface area contributed by atoms with E-state index < -0.39 is 5.41 Å². The van der Waals surface area contributed by atoms with Crippen LogP contribution in [-0.2, 0) is 31.1 Å². The van der Waals surface area contributed by atoms with Crippen molar-refractivity contribution < 1.29 is 0 Å². The van der Waals surface area contributed by atoms with E-state index in [0.717, 1.165) is 0 Å². The fourth-order valence-corrected chi connectivity index (χ4v) is 10.3. The molecule has 4 rings (SSSR count). The third-order valence-electron chi connectivity index (χ3n) is 11.4. The van der Waals surface area contributed by atoms with Gasteiger partial charge in [0.1, 0.15) is 0 Å². The molecule has 0 aromatic heterocycles. The summed E-state index contributed by atoms with van der Waals surface area (Å²) in [6, 6.07) is 39.2. The second kappa shape index (κ2) is 29.1. The molecule has 0 fully saturated rings. The van der Waals surface area contributed by atoms with Gasteiger partial charge in [-0.05, 0) is 139 Å². The van der Waals surface area contributed by atoms with Crippen LogP contribution >= 0.6 is 90.4 Å². The standard InChI is InChI=1S/C51H68I4/c52-39-15-7-2-1-3-11-19-43-23-31-47(32-24-43)51(48-33-25-44(26-34-48)20-12-4-8-16-40-53,49-35-27-45(28-36-49)21-13-5-9-17-41-54)50-37-29-46(30-38-50)22-14-6-10-18-42-55/h23-38H,1-22,39-42H2. The van der Waals surface area contributed by atoms with Crippen molar-refractivity contribution in [1.29, 1.82) is 0 Å². The average molecular weight is 1190 g/mol. The normalized spacial score (nSPS) is 11.7. The monoisotopic (exact) mass is 1190 g/mol. The molecule has 0 aliphatic carbocycles. The highest BCUT2D eigenvalue weighted by molar-refractivity contribution is 14.1. The number of unbranched alkanes of at least 4 members (excludes halogenated alkanes) is 14. The van der Waals surface area contributed by atoms with Crippen LogP contribution < -0.4 is 0 Å². The van der Waals surface area contributed by atoms with Gasteiger partial charge in [0.05, 0.1) is 5.41 Å². The number of hydrogen-bond donors (Lipinski definition) is 0. The molecule has 0 radical (unpaired) electrons. The zero-order chi connectivity index (χ0) is 38.8. The first-order valence-corrected chi connectivity index (χ1v) is 27.9. The maximum Gasteiger partial charge on any atom is 0.0701 e. The molecule has 0 aliphatic rings. The molecule has 0 amide bonds. The Morgan fingerprint density at radius 1 is 0.236 bits per heavy atom. The number of alkyl halides is 4.